The van der Waals surface area contributed by atoms with Crippen LogP contribution in [0, 0.1) is 0 Å². The Hall–Kier alpha value is -3.74. The molecule has 2 heterocycles. The fourth-order valence-electron chi connectivity index (χ4n) is 2.74. The summed E-state index contributed by atoms with van der Waals surface area (Å²) in [5.74, 6) is -0.293. The highest BCUT2D eigenvalue weighted by Crippen LogP contribution is 2.22. The Morgan fingerprint density at radius 3 is 2.73 bits per heavy atom. The van der Waals surface area contributed by atoms with Gasteiger partial charge in [0.2, 0.25) is 0 Å². The maximum Gasteiger partial charge on any atom is 0.335 e. The number of fused-ring (bicyclic) bond motifs is 1. The van der Waals surface area contributed by atoms with Gasteiger partial charge in [0.05, 0.1) is 22.8 Å². The molecule has 7 nitrogen and oxygen atoms in total. The highest BCUT2D eigenvalue weighted by atomic mass is 16.4. The number of carboxylic acids is 1. The van der Waals surface area contributed by atoms with E-state index in [0.717, 1.165) is 16.6 Å². The van der Waals surface area contributed by atoms with Crippen molar-refractivity contribution in [2.45, 2.75) is 6.54 Å². The molecular formula is C19H15N5O2. The first-order valence-electron chi connectivity index (χ1n) is 8.02. The number of rotatable bonds is 5. The summed E-state index contributed by atoms with van der Waals surface area (Å²) in [7, 11) is 0. The Kier molecular flexibility index (Phi) is 4.03. The van der Waals surface area contributed by atoms with E-state index in [2.05, 4.69) is 20.4 Å². The highest BCUT2D eigenvalue weighted by Gasteiger charge is 2.11. The monoisotopic (exact) mass is 345 g/mol. The Balaban J connectivity index is 1.63. The molecule has 0 aliphatic rings. The predicted octanol–water partition coefficient (Wildman–Crippen LogP) is 3.13. The van der Waals surface area contributed by atoms with Crippen LogP contribution in [0.25, 0.3) is 16.7 Å². The van der Waals surface area contributed by atoms with Crippen LogP contribution in [-0.2, 0) is 6.54 Å². The zero-order valence-corrected chi connectivity index (χ0v) is 13.7. The third kappa shape index (κ3) is 2.98. The van der Waals surface area contributed by atoms with Crippen molar-refractivity contribution in [2.75, 3.05) is 5.32 Å². The fraction of sp³-hybridized carbons (Fsp3) is 0.0526. The third-order valence-electron chi connectivity index (χ3n) is 4.00. The molecule has 0 unspecified atom stereocenters. The van der Waals surface area contributed by atoms with Crippen molar-refractivity contribution in [1.29, 1.82) is 0 Å². The molecule has 0 amide bonds. The average Bonchev–Trinajstić information content (AvgIpc) is 3.12. The summed E-state index contributed by atoms with van der Waals surface area (Å²) >= 11 is 0. The van der Waals surface area contributed by atoms with Gasteiger partial charge in [-0.15, -0.1) is 0 Å². The number of hydrogen-bond donors (Lipinski definition) is 2. The Morgan fingerprint density at radius 2 is 1.92 bits per heavy atom. The minimum absolute atomic E-state index is 0.258. The maximum absolute atomic E-state index is 11.1. The molecule has 0 atom stereocenters. The molecule has 0 aliphatic heterocycles. The van der Waals surface area contributed by atoms with Gasteiger partial charge < -0.3 is 10.4 Å². The number of carboxylic acid groups (broad SMARTS) is 1. The van der Waals surface area contributed by atoms with E-state index >= 15 is 0 Å². The van der Waals surface area contributed by atoms with Crippen molar-refractivity contribution < 1.29 is 9.90 Å². The first-order valence-corrected chi connectivity index (χ1v) is 8.02. The van der Waals surface area contributed by atoms with Crippen LogP contribution in [0.1, 0.15) is 15.9 Å². The number of nitrogens with one attached hydrogen (secondary N) is 1. The van der Waals surface area contributed by atoms with Gasteiger partial charge in [0, 0.05) is 6.54 Å². The summed E-state index contributed by atoms with van der Waals surface area (Å²) in [5.41, 5.74) is 2.73. The number of anilines is 1. The van der Waals surface area contributed by atoms with Crippen molar-refractivity contribution in [3.63, 3.8) is 0 Å². The number of benzene rings is 2. The number of carbonyl (C=O) groups is 1. The lowest BCUT2D eigenvalue weighted by Crippen LogP contribution is -2.04. The van der Waals surface area contributed by atoms with E-state index in [4.69, 9.17) is 5.11 Å². The lowest BCUT2D eigenvalue weighted by atomic mass is 10.1. The molecule has 2 aromatic carbocycles. The van der Waals surface area contributed by atoms with Gasteiger partial charge in [0.15, 0.2) is 5.65 Å². The molecule has 7 heteroatoms. The van der Waals surface area contributed by atoms with Crippen LogP contribution in [-0.4, -0.2) is 30.8 Å². The van der Waals surface area contributed by atoms with E-state index in [1.165, 1.54) is 6.33 Å². The zero-order chi connectivity index (χ0) is 17.9. The Morgan fingerprint density at radius 1 is 1.08 bits per heavy atom. The number of para-hydroxylation sites is 1. The molecule has 4 rings (SSSR count). The summed E-state index contributed by atoms with van der Waals surface area (Å²) in [6, 6.07) is 16.5. The van der Waals surface area contributed by atoms with E-state index in [0.29, 0.717) is 18.0 Å². The summed E-state index contributed by atoms with van der Waals surface area (Å²) in [6.45, 7) is 0.448. The van der Waals surface area contributed by atoms with Gasteiger partial charge in [0.25, 0.3) is 0 Å². The van der Waals surface area contributed by atoms with Crippen molar-refractivity contribution in [3.8, 4) is 5.69 Å². The largest absolute Gasteiger partial charge is 0.478 e. The van der Waals surface area contributed by atoms with Crippen LogP contribution in [0.4, 0.5) is 5.82 Å². The average molecular weight is 345 g/mol. The van der Waals surface area contributed by atoms with E-state index in [9.17, 15) is 4.79 Å². The molecule has 2 N–H and O–H groups in total. The molecule has 0 saturated heterocycles. The van der Waals surface area contributed by atoms with Gasteiger partial charge in [0.1, 0.15) is 12.1 Å². The summed E-state index contributed by atoms with van der Waals surface area (Å²) in [6.07, 6.45) is 3.21. The van der Waals surface area contributed by atoms with Gasteiger partial charge >= 0.3 is 5.97 Å². The second-order valence-corrected chi connectivity index (χ2v) is 5.71. The second kappa shape index (κ2) is 6.64. The van der Waals surface area contributed by atoms with Gasteiger partial charge in [-0.3, -0.25) is 0 Å². The Labute approximate surface area is 149 Å². The number of aromatic carboxylic acids is 1. The molecule has 4 aromatic rings. The summed E-state index contributed by atoms with van der Waals surface area (Å²) in [5, 5.41) is 17.5. The van der Waals surface area contributed by atoms with Crippen LogP contribution in [0.2, 0.25) is 0 Å². The molecular weight excluding hydrogens is 330 g/mol. The topological polar surface area (TPSA) is 92.9 Å². The van der Waals surface area contributed by atoms with Crippen LogP contribution >= 0.6 is 0 Å². The maximum atomic E-state index is 11.1. The van der Waals surface area contributed by atoms with Gasteiger partial charge in [-0.1, -0.05) is 30.3 Å². The molecule has 0 radical (unpaired) electrons. The standard InChI is InChI=1S/C19H15N5O2/c25-19(26)14-6-4-5-13(9-14)10-20-17-16-11-23-24(18(16)22-12-21-17)15-7-2-1-3-8-15/h1-9,11-12H,10H2,(H,25,26)(H,20,21,22). The van der Waals surface area contributed by atoms with E-state index < -0.39 is 5.97 Å². The van der Waals surface area contributed by atoms with E-state index in [1.54, 1.807) is 29.1 Å². The normalized spacial score (nSPS) is 10.8. The van der Waals surface area contributed by atoms with E-state index in [-0.39, 0.29) is 5.56 Å². The fourth-order valence-corrected chi connectivity index (χ4v) is 2.74. The van der Waals surface area contributed by atoms with Crippen molar-refractivity contribution in [1.82, 2.24) is 19.7 Å². The molecule has 0 aliphatic carbocycles. The lowest BCUT2D eigenvalue weighted by molar-refractivity contribution is 0.0696. The van der Waals surface area contributed by atoms with Gasteiger partial charge in [-0.05, 0) is 29.8 Å². The second-order valence-electron chi connectivity index (χ2n) is 5.71. The van der Waals surface area contributed by atoms with Crippen molar-refractivity contribution in [3.05, 3.63) is 78.2 Å². The lowest BCUT2D eigenvalue weighted by Gasteiger charge is -2.08. The van der Waals surface area contributed by atoms with E-state index in [1.807, 2.05) is 36.4 Å². The Bertz CT molecular complexity index is 1080. The minimum atomic E-state index is -0.944. The van der Waals surface area contributed by atoms with Crippen LogP contribution in [0.15, 0.2) is 67.1 Å². The van der Waals surface area contributed by atoms with Crippen LogP contribution < -0.4 is 5.32 Å². The van der Waals surface area contributed by atoms with Crippen LogP contribution in [0.3, 0.4) is 0 Å². The first-order chi connectivity index (χ1) is 12.7. The minimum Gasteiger partial charge on any atom is -0.478 e. The van der Waals surface area contributed by atoms with Crippen LogP contribution in [0.5, 0.6) is 0 Å². The van der Waals surface area contributed by atoms with Crippen molar-refractivity contribution in [2.24, 2.45) is 0 Å². The first kappa shape index (κ1) is 15.8. The molecule has 0 spiro atoms. The molecule has 128 valence electrons. The molecule has 0 saturated carbocycles. The quantitative estimate of drug-likeness (QED) is 0.577. The molecule has 2 aromatic heterocycles. The summed E-state index contributed by atoms with van der Waals surface area (Å²) in [4.78, 5) is 19.7. The predicted molar refractivity (Wildman–Crippen MR) is 97.4 cm³/mol. The van der Waals surface area contributed by atoms with Gasteiger partial charge in [-0.2, -0.15) is 5.10 Å². The number of hydrogen-bond acceptors (Lipinski definition) is 5. The number of aromatic nitrogens is 4. The third-order valence-corrected chi connectivity index (χ3v) is 4.00. The SMILES string of the molecule is O=C(O)c1cccc(CNc2ncnc3c2cnn3-c2ccccc2)c1. The number of nitrogens with zero attached hydrogens (tertiary/aromatic N) is 4. The molecule has 26 heavy (non-hydrogen) atoms. The smallest absolute Gasteiger partial charge is 0.335 e. The molecule has 0 bridgehead atoms. The molecule has 0 fully saturated rings. The zero-order valence-electron chi connectivity index (χ0n) is 13.7. The van der Waals surface area contributed by atoms with Gasteiger partial charge in [-0.25, -0.2) is 19.4 Å². The van der Waals surface area contributed by atoms with Crippen molar-refractivity contribution >= 4 is 22.8 Å². The summed E-state index contributed by atoms with van der Waals surface area (Å²) < 4.78 is 1.76. The highest BCUT2D eigenvalue weighted by molar-refractivity contribution is 5.88.